The summed E-state index contributed by atoms with van der Waals surface area (Å²) < 4.78 is 0.927. The third kappa shape index (κ3) is 3.29. The van der Waals surface area contributed by atoms with Gasteiger partial charge < -0.3 is 10.2 Å². The topological polar surface area (TPSA) is 32.3 Å². The summed E-state index contributed by atoms with van der Waals surface area (Å²) in [6.07, 6.45) is 0. The predicted octanol–water partition coefficient (Wildman–Crippen LogP) is 4.48. The molecule has 0 aliphatic carbocycles. The van der Waals surface area contributed by atoms with E-state index in [-0.39, 0.29) is 5.91 Å². The zero-order chi connectivity index (χ0) is 14.0. The van der Waals surface area contributed by atoms with E-state index in [4.69, 9.17) is 11.6 Å². The Labute approximate surface area is 129 Å². The van der Waals surface area contributed by atoms with Gasteiger partial charge in [0.15, 0.2) is 0 Å². The van der Waals surface area contributed by atoms with Crippen LogP contribution in [0.15, 0.2) is 33.4 Å². The number of hydrogen-bond donors (Lipinski definition) is 1. The van der Waals surface area contributed by atoms with Crippen LogP contribution in [0.4, 0.5) is 11.4 Å². The zero-order valence-corrected chi connectivity index (χ0v) is 13.6. The molecule has 0 unspecified atom stereocenters. The van der Waals surface area contributed by atoms with Crippen LogP contribution in [0.1, 0.15) is 10.4 Å². The van der Waals surface area contributed by atoms with Crippen molar-refractivity contribution in [3.05, 3.63) is 44.0 Å². The van der Waals surface area contributed by atoms with Crippen molar-refractivity contribution >= 4 is 56.1 Å². The third-order valence-electron chi connectivity index (χ3n) is 2.51. The van der Waals surface area contributed by atoms with Crippen LogP contribution in [0, 0.1) is 0 Å². The van der Waals surface area contributed by atoms with Crippen LogP contribution in [0.2, 0.25) is 5.02 Å². The lowest BCUT2D eigenvalue weighted by Crippen LogP contribution is -2.16. The van der Waals surface area contributed by atoms with Crippen molar-refractivity contribution in [3.8, 4) is 0 Å². The molecule has 2 aromatic rings. The molecule has 3 nitrogen and oxygen atoms in total. The Kier molecular flexibility index (Phi) is 4.50. The van der Waals surface area contributed by atoms with Crippen molar-refractivity contribution in [1.82, 2.24) is 0 Å². The first-order valence-corrected chi connectivity index (χ1v) is 7.55. The molecule has 0 aliphatic rings. The minimum atomic E-state index is -0.146. The quantitative estimate of drug-likeness (QED) is 0.876. The minimum Gasteiger partial charge on any atom is -0.375 e. The molecule has 0 atom stereocenters. The van der Waals surface area contributed by atoms with Gasteiger partial charge in [0, 0.05) is 19.5 Å². The Hall–Kier alpha value is -1.04. The third-order valence-corrected chi connectivity index (χ3v) is 4.32. The van der Waals surface area contributed by atoms with Crippen LogP contribution in [-0.2, 0) is 0 Å². The van der Waals surface area contributed by atoms with E-state index in [9.17, 15) is 4.79 Å². The second-order valence-electron chi connectivity index (χ2n) is 4.12. The molecular formula is C13H12BrClN2OS. The summed E-state index contributed by atoms with van der Waals surface area (Å²) in [6, 6.07) is 7.24. The first kappa shape index (κ1) is 14.4. The van der Waals surface area contributed by atoms with E-state index < -0.39 is 0 Å². The number of amides is 1. The number of halogens is 2. The Bertz CT molecular complexity index is 612. The fourth-order valence-corrected chi connectivity index (χ4v) is 3.17. The molecule has 100 valence electrons. The van der Waals surface area contributed by atoms with Gasteiger partial charge in [-0.2, -0.15) is 0 Å². The van der Waals surface area contributed by atoms with Crippen molar-refractivity contribution in [2.45, 2.75) is 0 Å². The van der Waals surface area contributed by atoms with Gasteiger partial charge in [-0.05, 0) is 34.1 Å². The highest BCUT2D eigenvalue weighted by atomic mass is 79.9. The molecule has 1 aromatic heterocycles. The summed E-state index contributed by atoms with van der Waals surface area (Å²) in [5, 5.41) is 5.29. The molecule has 0 saturated carbocycles. The largest absolute Gasteiger partial charge is 0.375 e. The van der Waals surface area contributed by atoms with E-state index in [1.807, 2.05) is 31.1 Å². The summed E-state index contributed by atoms with van der Waals surface area (Å²) in [4.78, 5) is 14.0. The Morgan fingerprint density at radius 3 is 2.74 bits per heavy atom. The molecule has 0 fully saturated rings. The van der Waals surface area contributed by atoms with Crippen LogP contribution in [0.25, 0.3) is 0 Å². The maximum Gasteiger partial charge on any atom is 0.256 e. The molecule has 0 saturated heterocycles. The van der Waals surface area contributed by atoms with Crippen molar-refractivity contribution in [2.75, 3.05) is 24.3 Å². The number of benzene rings is 1. The van der Waals surface area contributed by atoms with E-state index in [1.165, 1.54) is 11.3 Å². The molecular weight excluding hydrogens is 348 g/mol. The number of anilines is 2. The van der Waals surface area contributed by atoms with Gasteiger partial charge in [-0.3, -0.25) is 4.79 Å². The van der Waals surface area contributed by atoms with Gasteiger partial charge in [-0.25, -0.2) is 0 Å². The number of thiophene rings is 1. The number of rotatable bonds is 3. The lowest BCUT2D eigenvalue weighted by molar-refractivity contribution is 0.102. The Balaban J connectivity index is 2.29. The summed E-state index contributed by atoms with van der Waals surface area (Å²) in [6.45, 7) is 0. The van der Waals surface area contributed by atoms with Crippen molar-refractivity contribution in [1.29, 1.82) is 0 Å². The highest BCUT2D eigenvalue weighted by Crippen LogP contribution is 2.33. The SMILES string of the molecule is CN(C)c1c(Cl)cccc1NC(=O)c1csc(Br)c1. The molecule has 1 amide bonds. The van der Waals surface area contributed by atoms with Crippen molar-refractivity contribution < 1.29 is 4.79 Å². The lowest BCUT2D eigenvalue weighted by atomic mass is 10.2. The highest BCUT2D eigenvalue weighted by Gasteiger charge is 2.13. The van der Waals surface area contributed by atoms with Gasteiger partial charge in [0.25, 0.3) is 5.91 Å². The molecule has 1 heterocycles. The number of nitrogens with one attached hydrogen (secondary N) is 1. The molecule has 6 heteroatoms. The van der Waals surface area contributed by atoms with Gasteiger partial charge in [0.2, 0.25) is 0 Å². The van der Waals surface area contributed by atoms with Crippen molar-refractivity contribution in [2.24, 2.45) is 0 Å². The highest BCUT2D eigenvalue weighted by molar-refractivity contribution is 9.11. The number of nitrogens with zero attached hydrogens (tertiary/aromatic N) is 1. The molecule has 0 radical (unpaired) electrons. The summed E-state index contributed by atoms with van der Waals surface area (Å²) in [7, 11) is 3.77. The van der Waals surface area contributed by atoms with Gasteiger partial charge in [0.1, 0.15) is 0 Å². The van der Waals surface area contributed by atoms with Crippen LogP contribution in [0.3, 0.4) is 0 Å². The second-order valence-corrected chi connectivity index (χ2v) is 6.82. The van der Waals surface area contributed by atoms with E-state index in [0.717, 1.165) is 9.47 Å². The first-order valence-electron chi connectivity index (χ1n) is 5.50. The fraction of sp³-hybridized carbons (Fsp3) is 0.154. The Morgan fingerprint density at radius 1 is 1.42 bits per heavy atom. The second kappa shape index (κ2) is 5.94. The first-order chi connectivity index (χ1) is 8.99. The molecule has 1 aromatic carbocycles. The molecule has 0 aliphatic heterocycles. The number of carbonyl (C=O) groups is 1. The molecule has 1 N–H and O–H groups in total. The lowest BCUT2D eigenvalue weighted by Gasteiger charge is -2.19. The molecule has 0 bridgehead atoms. The van der Waals surface area contributed by atoms with E-state index in [2.05, 4.69) is 21.2 Å². The maximum absolute atomic E-state index is 12.1. The van der Waals surface area contributed by atoms with E-state index >= 15 is 0 Å². The molecule has 19 heavy (non-hydrogen) atoms. The monoisotopic (exact) mass is 358 g/mol. The van der Waals surface area contributed by atoms with Crippen LogP contribution in [-0.4, -0.2) is 20.0 Å². The van der Waals surface area contributed by atoms with Crippen molar-refractivity contribution in [3.63, 3.8) is 0 Å². The van der Waals surface area contributed by atoms with Gasteiger partial charge >= 0.3 is 0 Å². The standard InChI is InChI=1S/C13H12BrClN2OS/c1-17(2)12-9(15)4-3-5-10(12)16-13(18)8-6-11(14)19-7-8/h3-7H,1-2H3,(H,16,18). The summed E-state index contributed by atoms with van der Waals surface area (Å²) in [5.74, 6) is -0.146. The normalized spacial score (nSPS) is 10.3. The summed E-state index contributed by atoms with van der Waals surface area (Å²) in [5.41, 5.74) is 2.12. The van der Waals surface area contributed by atoms with Crippen LogP contribution < -0.4 is 10.2 Å². The van der Waals surface area contributed by atoms with Gasteiger partial charge in [-0.15, -0.1) is 11.3 Å². The van der Waals surface area contributed by atoms with Gasteiger partial charge in [-0.1, -0.05) is 17.7 Å². The summed E-state index contributed by atoms with van der Waals surface area (Å²) >= 11 is 11.0. The van der Waals surface area contributed by atoms with E-state index in [1.54, 1.807) is 17.5 Å². The minimum absolute atomic E-state index is 0.146. The number of carbonyl (C=O) groups excluding carboxylic acids is 1. The zero-order valence-electron chi connectivity index (χ0n) is 10.4. The Morgan fingerprint density at radius 2 is 2.16 bits per heavy atom. The van der Waals surface area contributed by atoms with Crippen LogP contribution >= 0.6 is 38.9 Å². The van der Waals surface area contributed by atoms with Gasteiger partial charge in [0.05, 0.1) is 25.7 Å². The number of para-hydroxylation sites is 1. The van der Waals surface area contributed by atoms with Crippen LogP contribution in [0.5, 0.6) is 0 Å². The maximum atomic E-state index is 12.1. The molecule has 2 rings (SSSR count). The smallest absolute Gasteiger partial charge is 0.256 e. The average molecular weight is 360 g/mol. The predicted molar refractivity (Wildman–Crippen MR) is 85.8 cm³/mol. The molecule has 0 spiro atoms. The number of hydrogen-bond acceptors (Lipinski definition) is 3. The average Bonchev–Trinajstić information content (AvgIpc) is 2.75. The van der Waals surface area contributed by atoms with E-state index in [0.29, 0.717) is 16.3 Å². The fourth-order valence-electron chi connectivity index (χ4n) is 1.69.